The quantitative estimate of drug-likeness (QED) is 0.791. The molecule has 0 saturated carbocycles. The Hall–Kier alpha value is -0.960. The summed E-state index contributed by atoms with van der Waals surface area (Å²) in [4.78, 5) is 0. The first-order chi connectivity index (χ1) is 6.63. The number of aryl methyl sites for hydroxylation is 1. The number of hydrogen-bond donors (Lipinski definition) is 1. The van der Waals surface area contributed by atoms with Gasteiger partial charge in [-0.1, -0.05) is 29.8 Å². The van der Waals surface area contributed by atoms with Crippen molar-refractivity contribution in [3.63, 3.8) is 0 Å². The SMILES string of the molecule is Cc1cccc(CC(CN)C(F)F)c1. The zero-order chi connectivity index (χ0) is 10.6. The number of rotatable bonds is 4. The van der Waals surface area contributed by atoms with E-state index in [4.69, 9.17) is 5.73 Å². The molecule has 1 aromatic carbocycles. The summed E-state index contributed by atoms with van der Waals surface area (Å²) < 4.78 is 24.8. The van der Waals surface area contributed by atoms with Crippen molar-refractivity contribution in [2.45, 2.75) is 19.8 Å². The van der Waals surface area contributed by atoms with Crippen molar-refractivity contribution >= 4 is 0 Å². The molecule has 1 unspecified atom stereocenters. The van der Waals surface area contributed by atoms with Gasteiger partial charge in [0.05, 0.1) is 0 Å². The predicted molar refractivity (Wildman–Crippen MR) is 53.4 cm³/mol. The molecule has 0 amide bonds. The Morgan fingerprint density at radius 2 is 2.07 bits per heavy atom. The molecule has 1 aromatic rings. The molecule has 0 aliphatic carbocycles. The predicted octanol–water partition coefficient (Wildman–Crippen LogP) is 2.38. The van der Waals surface area contributed by atoms with E-state index in [1.54, 1.807) is 0 Å². The minimum Gasteiger partial charge on any atom is -0.330 e. The van der Waals surface area contributed by atoms with Crippen molar-refractivity contribution in [3.8, 4) is 0 Å². The summed E-state index contributed by atoms with van der Waals surface area (Å²) in [6.07, 6.45) is -1.98. The number of hydrogen-bond acceptors (Lipinski definition) is 1. The van der Waals surface area contributed by atoms with E-state index in [9.17, 15) is 8.78 Å². The van der Waals surface area contributed by atoms with Gasteiger partial charge in [0.1, 0.15) is 0 Å². The van der Waals surface area contributed by atoms with Crippen molar-refractivity contribution < 1.29 is 8.78 Å². The number of nitrogens with two attached hydrogens (primary N) is 1. The molecule has 0 fully saturated rings. The molecule has 1 atom stereocenters. The third-order valence-corrected chi connectivity index (χ3v) is 2.24. The second-order valence-corrected chi connectivity index (χ2v) is 3.52. The standard InChI is InChI=1S/C11H15F2N/c1-8-3-2-4-9(5-8)6-10(7-14)11(12)13/h2-5,10-11H,6-7,14H2,1H3. The summed E-state index contributed by atoms with van der Waals surface area (Å²) in [5, 5.41) is 0. The van der Waals surface area contributed by atoms with Crippen LogP contribution in [-0.4, -0.2) is 13.0 Å². The molecular formula is C11H15F2N. The van der Waals surface area contributed by atoms with Gasteiger partial charge in [-0.15, -0.1) is 0 Å². The van der Waals surface area contributed by atoms with Gasteiger partial charge in [-0.3, -0.25) is 0 Å². The molecule has 0 radical (unpaired) electrons. The highest BCUT2D eigenvalue weighted by Crippen LogP contribution is 2.16. The third kappa shape index (κ3) is 3.07. The van der Waals surface area contributed by atoms with Crippen LogP contribution in [0.25, 0.3) is 0 Å². The van der Waals surface area contributed by atoms with Crippen LogP contribution < -0.4 is 5.73 Å². The molecule has 1 nitrogen and oxygen atoms in total. The molecule has 14 heavy (non-hydrogen) atoms. The Morgan fingerprint density at radius 1 is 1.36 bits per heavy atom. The molecule has 0 spiro atoms. The second-order valence-electron chi connectivity index (χ2n) is 3.52. The molecule has 0 saturated heterocycles. The molecule has 0 heterocycles. The molecule has 0 aliphatic rings. The lowest BCUT2D eigenvalue weighted by atomic mass is 9.99. The highest BCUT2D eigenvalue weighted by molar-refractivity contribution is 5.22. The van der Waals surface area contributed by atoms with Crippen molar-refractivity contribution in [1.82, 2.24) is 0 Å². The fraction of sp³-hybridized carbons (Fsp3) is 0.455. The maximum absolute atomic E-state index is 12.4. The van der Waals surface area contributed by atoms with Gasteiger partial charge in [-0.05, 0) is 18.9 Å². The normalized spacial score (nSPS) is 13.2. The molecular weight excluding hydrogens is 184 g/mol. The van der Waals surface area contributed by atoms with Crippen molar-refractivity contribution in [3.05, 3.63) is 35.4 Å². The van der Waals surface area contributed by atoms with Gasteiger partial charge in [-0.25, -0.2) is 8.78 Å². The van der Waals surface area contributed by atoms with Crippen LogP contribution in [0.5, 0.6) is 0 Å². The molecule has 0 aromatic heterocycles. The fourth-order valence-electron chi connectivity index (χ4n) is 1.42. The van der Waals surface area contributed by atoms with Gasteiger partial charge in [0, 0.05) is 12.5 Å². The Morgan fingerprint density at radius 3 is 2.57 bits per heavy atom. The first kappa shape index (κ1) is 11.1. The number of alkyl halides is 2. The van der Waals surface area contributed by atoms with E-state index < -0.39 is 12.3 Å². The molecule has 78 valence electrons. The van der Waals surface area contributed by atoms with Crippen LogP contribution in [0.15, 0.2) is 24.3 Å². The minimum atomic E-state index is -2.33. The van der Waals surface area contributed by atoms with Crippen molar-refractivity contribution in [2.24, 2.45) is 11.7 Å². The number of benzene rings is 1. The highest BCUT2D eigenvalue weighted by atomic mass is 19.3. The van der Waals surface area contributed by atoms with E-state index in [2.05, 4.69) is 0 Å². The summed E-state index contributed by atoms with van der Waals surface area (Å²) in [5.41, 5.74) is 7.30. The van der Waals surface area contributed by atoms with Crippen molar-refractivity contribution in [2.75, 3.05) is 6.54 Å². The minimum absolute atomic E-state index is 0.0333. The van der Waals surface area contributed by atoms with Crippen LogP contribution in [0.3, 0.4) is 0 Å². The summed E-state index contributed by atoms with van der Waals surface area (Å²) in [5.74, 6) is -0.725. The van der Waals surface area contributed by atoms with E-state index in [1.807, 2.05) is 31.2 Å². The summed E-state index contributed by atoms with van der Waals surface area (Å²) >= 11 is 0. The van der Waals surface area contributed by atoms with Gasteiger partial charge < -0.3 is 5.73 Å². The molecule has 3 heteroatoms. The van der Waals surface area contributed by atoms with Crippen LogP contribution in [-0.2, 0) is 6.42 Å². The Labute approximate surface area is 82.9 Å². The third-order valence-electron chi connectivity index (χ3n) is 2.24. The molecule has 1 rings (SSSR count). The van der Waals surface area contributed by atoms with E-state index >= 15 is 0 Å². The average Bonchev–Trinajstić information content (AvgIpc) is 2.14. The fourth-order valence-corrected chi connectivity index (χ4v) is 1.42. The van der Waals surface area contributed by atoms with Crippen LogP contribution in [0.2, 0.25) is 0 Å². The summed E-state index contributed by atoms with van der Waals surface area (Å²) in [6, 6.07) is 7.61. The molecule has 0 bridgehead atoms. The summed E-state index contributed by atoms with van der Waals surface area (Å²) in [7, 11) is 0. The van der Waals surface area contributed by atoms with Crippen LogP contribution in [0, 0.1) is 12.8 Å². The topological polar surface area (TPSA) is 26.0 Å². The van der Waals surface area contributed by atoms with Gasteiger partial charge in [0.15, 0.2) is 0 Å². The second kappa shape index (κ2) is 5.05. The Kier molecular flexibility index (Phi) is 4.01. The molecule has 2 N–H and O–H groups in total. The zero-order valence-electron chi connectivity index (χ0n) is 8.21. The smallest absolute Gasteiger partial charge is 0.242 e. The van der Waals surface area contributed by atoms with Gasteiger partial charge in [0.25, 0.3) is 0 Å². The Bertz CT molecular complexity index is 286. The lowest BCUT2D eigenvalue weighted by Gasteiger charge is -2.13. The maximum Gasteiger partial charge on any atom is 0.242 e. The van der Waals surface area contributed by atoms with Gasteiger partial charge >= 0.3 is 0 Å². The largest absolute Gasteiger partial charge is 0.330 e. The monoisotopic (exact) mass is 199 g/mol. The first-order valence-corrected chi connectivity index (χ1v) is 4.67. The lowest BCUT2D eigenvalue weighted by Crippen LogP contribution is -2.23. The van der Waals surface area contributed by atoms with Crippen LogP contribution in [0.4, 0.5) is 8.78 Å². The number of halogens is 2. The first-order valence-electron chi connectivity index (χ1n) is 4.67. The Balaban J connectivity index is 2.67. The summed E-state index contributed by atoms with van der Waals surface area (Å²) in [6.45, 7) is 1.98. The van der Waals surface area contributed by atoms with Crippen LogP contribution in [0.1, 0.15) is 11.1 Å². The zero-order valence-corrected chi connectivity index (χ0v) is 8.21. The van der Waals surface area contributed by atoms with Crippen molar-refractivity contribution in [1.29, 1.82) is 0 Å². The maximum atomic E-state index is 12.4. The van der Waals surface area contributed by atoms with Crippen LogP contribution >= 0.6 is 0 Å². The highest BCUT2D eigenvalue weighted by Gasteiger charge is 2.18. The average molecular weight is 199 g/mol. The molecule has 0 aliphatic heterocycles. The van der Waals surface area contributed by atoms with Gasteiger partial charge in [0.2, 0.25) is 6.43 Å². The van der Waals surface area contributed by atoms with E-state index in [0.717, 1.165) is 11.1 Å². The lowest BCUT2D eigenvalue weighted by molar-refractivity contribution is 0.0814. The van der Waals surface area contributed by atoms with E-state index in [0.29, 0.717) is 6.42 Å². The van der Waals surface area contributed by atoms with E-state index in [-0.39, 0.29) is 6.54 Å². The van der Waals surface area contributed by atoms with E-state index in [1.165, 1.54) is 0 Å². The van der Waals surface area contributed by atoms with Gasteiger partial charge in [-0.2, -0.15) is 0 Å².